The van der Waals surface area contributed by atoms with Gasteiger partial charge in [-0.2, -0.15) is 0 Å². The number of benzene rings is 2. The first-order valence-corrected chi connectivity index (χ1v) is 7.28. The number of rotatable bonds is 5. The SMILES string of the molecule is Cc1cc(C)c(C(=O)COC(=O)Cc2ccccc2)cc1C. The fourth-order valence-corrected chi connectivity index (χ4v) is 2.30. The molecule has 0 unspecified atom stereocenters. The second-order valence-corrected chi connectivity index (χ2v) is 5.50. The van der Waals surface area contributed by atoms with E-state index in [0.717, 1.165) is 22.3 Å². The number of carbonyl (C=O) groups is 2. The maximum atomic E-state index is 12.2. The predicted octanol–water partition coefficient (Wildman–Crippen LogP) is 3.58. The summed E-state index contributed by atoms with van der Waals surface area (Å²) >= 11 is 0. The van der Waals surface area contributed by atoms with E-state index < -0.39 is 0 Å². The van der Waals surface area contributed by atoms with Crippen LogP contribution in [-0.2, 0) is 16.0 Å². The summed E-state index contributed by atoms with van der Waals surface area (Å²) in [4.78, 5) is 24.0. The smallest absolute Gasteiger partial charge is 0.310 e. The molecule has 3 heteroatoms. The van der Waals surface area contributed by atoms with Crippen molar-refractivity contribution < 1.29 is 14.3 Å². The van der Waals surface area contributed by atoms with Crippen molar-refractivity contribution in [2.45, 2.75) is 27.2 Å². The molecule has 0 radical (unpaired) electrons. The molecule has 0 aliphatic carbocycles. The number of Topliss-reactive ketones (excluding diaryl/α,β-unsaturated/α-hetero) is 1. The lowest BCUT2D eigenvalue weighted by Crippen LogP contribution is -2.16. The van der Waals surface area contributed by atoms with Crippen LogP contribution in [0.3, 0.4) is 0 Å². The van der Waals surface area contributed by atoms with Crippen LogP contribution in [0.5, 0.6) is 0 Å². The monoisotopic (exact) mass is 296 g/mol. The fraction of sp³-hybridized carbons (Fsp3) is 0.263. The van der Waals surface area contributed by atoms with Gasteiger partial charge in [0, 0.05) is 5.56 Å². The molecule has 0 amide bonds. The van der Waals surface area contributed by atoms with Crippen molar-refractivity contribution in [2.75, 3.05) is 6.61 Å². The van der Waals surface area contributed by atoms with Gasteiger partial charge in [-0.3, -0.25) is 9.59 Å². The van der Waals surface area contributed by atoms with E-state index in [0.29, 0.717) is 5.56 Å². The Morgan fingerprint density at radius 2 is 1.55 bits per heavy atom. The average molecular weight is 296 g/mol. The van der Waals surface area contributed by atoms with Crippen molar-refractivity contribution in [3.8, 4) is 0 Å². The van der Waals surface area contributed by atoms with Crippen molar-refractivity contribution in [3.05, 3.63) is 70.3 Å². The molecule has 0 aliphatic heterocycles. The van der Waals surface area contributed by atoms with Gasteiger partial charge in [0.1, 0.15) is 0 Å². The van der Waals surface area contributed by atoms with Gasteiger partial charge in [0.25, 0.3) is 0 Å². The molecule has 0 bridgehead atoms. The second-order valence-electron chi connectivity index (χ2n) is 5.50. The van der Waals surface area contributed by atoms with Crippen LogP contribution in [0.1, 0.15) is 32.6 Å². The number of aryl methyl sites for hydroxylation is 3. The molecule has 3 nitrogen and oxygen atoms in total. The minimum atomic E-state index is -0.388. The lowest BCUT2D eigenvalue weighted by molar-refractivity contribution is -0.141. The zero-order valence-electron chi connectivity index (χ0n) is 13.2. The molecular weight excluding hydrogens is 276 g/mol. The normalized spacial score (nSPS) is 10.3. The van der Waals surface area contributed by atoms with E-state index in [1.54, 1.807) is 0 Å². The van der Waals surface area contributed by atoms with E-state index in [9.17, 15) is 9.59 Å². The number of hydrogen-bond acceptors (Lipinski definition) is 3. The molecule has 0 aliphatic rings. The van der Waals surface area contributed by atoms with E-state index in [1.165, 1.54) is 0 Å². The zero-order valence-corrected chi connectivity index (χ0v) is 13.2. The van der Waals surface area contributed by atoms with Crippen LogP contribution in [0.4, 0.5) is 0 Å². The summed E-state index contributed by atoms with van der Waals surface area (Å²) in [5, 5.41) is 0. The summed E-state index contributed by atoms with van der Waals surface area (Å²) < 4.78 is 5.10. The molecule has 0 aromatic heterocycles. The molecule has 22 heavy (non-hydrogen) atoms. The third-order valence-electron chi connectivity index (χ3n) is 3.70. The Morgan fingerprint density at radius 3 is 2.23 bits per heavy atom. The highest BCUT2D eigenvalue weighted by atomic mass is 16.5. The van der Waals surface area contributed by atoms with Gasteiger partial charge in [-0.05, 0) is 49.1 Å². The standard InChI is InChI=1S/C19H20O3/c1-13-9-15(3)17(10-14(13)2)18(20)12-22-19(21)11-16-7-5-4-6-8-16/h4-10H,11-12H2,1-3H3. The molecular formula is C19H20O3. The van der Waals surface area contributed by atoms with Gasteiger partial charge < -0.3 is 4.74 Å². The van der Waals surface area contributed by atoms with Gasteiger partial charge in [0.2, 0.25) is 5.78 Å². The van der Waals surface area contributed by atoms with Gasteiger partial charge in [-0.1, -0.05) is 36.4 Å². The largest absolute Gasteiger partial charge is 0.457 e. The van der Waals surface area contributed by atoms with E-state index in [2.05, 4.69) is 0 Å². The molecule has 2 aromatic carbocycles. The van der Waals surface area contributed by atoms with Gasteiger partial charge in [-0.15, -0.1) is 0 Å². The second kappa shape index (κ2) is 7.03. The molecule has 0 spiro atoms. The van der Waals surface area contributed by atoms with Crippen molar-refractivity contribution in [1.82, 2.24) is 0 Å². The van der Waals surface area contributed by atoms with E-state index >= 15 is 0 Å². The Balaban J connectivity index is 1.95. The maximum Gasteiger partial charge on any atom is 0.310 e. The molecule has 0 atom stereocenters. The maximum absolute atomic E-state index is 12.2. The summed E-state index contributed by atoms with van der Waals surface area (Å²) in [5.74, 6) is -0.553. The summed E-state index contributed by atoms with van der Waals surface area (Å²) in [6.45, 7) is 5.66. The highest BCUT2D eigenvalue weighted by Gasteiger charge is 2.13. The molecule has 0 saturated heterocycles. The summed E-state index contributed by atoms with van der Waals surface area (Å²) in [6, 6.07) is 13.2. The summed E-state index contributed by atoms with van der Waals surface area (Å²) in [6.07, 6.45) is 0.181. The Morgan fingerprint density at radius 1 is 0.909 bits per heavy atom. The van der Waals surface area contributed by atoms with Gasteiger partial charge in [0.05, 0.1) is 6.42 Å². The summed E-state index contributed by atoms with van der Waals surface area (Å²) in [5.41, 5.74) is 4.62. The van der Waals surface area contributed by atoms with Gasteiger partial charge in [0.15, 0.2) is 6.61 Å². The lowest BCUT2D eigenvalue weighted by Gasteiger charge is -2.09. The quantitative estimate of drug-likeness (QED) is 0.625. The Labute approximate surface area is 130 Å². The molecule has 2 rings (SSSR count). The van der Waals surface area contributed by atoms with E-state index in [4.69, 9.17) is 4.74 Å². The van der Waals surface area contributed by atoms with Crippen LogP contribution in [0.2, 0.25) is 0 Å². The average Bonchev–Trinajstić information content (AvgIpc) is 2.49. The summed E-state index contributed by atoms with van der Waals surface area (Å²) in [7, 11) is 0. The first kappa shape index (κ1) is 16.0. The molecule has 114 valence electrons. The molecule has 0 fully saturated rings. The number of ether oxygens (including phenoxy) is 1. The topological polar surface area (TPSA) is 43.4 Å². The van der Waals surface area contributed by atoms with Gasteiger partial charge in [-0.25, -0.2) is 0 Å². The van der Waals surface area contributed by atoms with Crippen LogP contribution >= 0.6 is 0 Å². The molecule has 0 N–H and O–H groups in total. The zero-order chi connectivity index (χ0) is 16.1. The van der Waals surface area contributed by atoms with Crippen LogP contribution in [0, 0.1) is 20.8 Å². The van der Waals surface area contributed by atoms with Crippen molar-refractivity contribution >= 4 is 11.8 Å². The van der Waals surface area contributed by atoms with Crippen molar-refractivity contribution in [3.63, 3.8) is 0 Å². The molecule has 0 saturated carbocycles. The minimum absolute atomic E-state index is 0.165. The third-order valence-corrected chi connectivity index (χ3v) is 3.70. The van der Waals surface area contributed by atoms with Crippen molar-refractivity contribution in [2.24, 2.45) is 0 Å². The third kappa shape index (κ3) is 4.04. The number of carbonyl (C=O) groups excluding carboxylic acids is 2. The van der Waals surface area contributed by atoms with E-state index in [-0.39, 0.29) is 24.8 Å². The number of esters is 1. The van der Waals surface area contributed by atoms with Crippen LogP contribution < -0.4 is 0 Å². The van der Waals surface area contributed by atoms with Crippen LogP contribution in [-0.4, -0.2) is 18.4 Å². The highest BCUT2D eigenvalue weighted by Crippen LogP contribution is 2.16. The van der Waals surface area contributed by atoms with Crippen molar-refractivity contribution in [1.29, 1.82) is 0 Å². The Bertz CT molecular complexity index is 687. The fourth-order valence-electron chi connectivity index (χ4n) is 2.30. The van der Waals surface area contributed by atoms with Gasteiger partial charge >= 0.3 is 5.97 Å². The predicted molar refractivity (Wildman–Crippen MR) is 86.1 cm³/mol. The first-order chi connectivity index (χ1) is 10.5. The number of hydrogen-bond donors (Lipinski definition) is 0. The highest BCUT2D eigenvalue weighted by molar-refractivity contribution is 5.99. The first-order valence-electron chi connectivity index (χ1n) is 7.28. The molecule has 0 heterocycles. The Kier molecular flexibility index (Phi) is 5.10. The van der Waals surface area contributed by atoms with Crippen LogP contribution in [0.15, 0.2) is 42.5 Å². The lowest BCUT2D eigenvalue weighted by atomic mass is 9.98. The Hall–Kier alpha value is -2.42. The molecule has 2 aromatic rings. The number of ketones is 1. The van der Waals surface area contributed by atoms with Crippen LogP contribution in [0.25, 0.3) is 0 Å². The van der Waals surface area contributed by atoms with E-state index in [1.807, 2.05) is 63.2 Å². The minimum Gasteiger partial charge on any atom is -0.457 e.